The molecule has 0 fully saturated rings. The third-order valence-corrected chi connectivity index (χ3v) is 3.26. The molecule has 6 nitrogen and oxygen atoms in total. The third-order valence-electron chi connectivity index (χ3n) is 1.79. The molecule has 7 heteroatoms. The molecule has 0 aromatic heterocycles. The number of nitrogen functional groups attached to an aromatic ring is 1. The van der Waals surface area contributed by atoms with Crippen molar-refractivity contribution in [2.75, 3.05) is 12.8 Å². The zero-order valence-corrected chi connectivity index (χ0v) is 8.71. The molecule has 0 heterocycles. The fourth-order valence-electron chi connectivity index (χ4n) is 1.06. The summed E-state index contributed by atoms with van der Waals surface area (Å²) in [5.74, 6) is -1.34. The van der Waals surface area contributed by atoms with E-state index in [0.717, 1.165) is 12.1 Å². The number of benzene rings is 1. The Balaban J connectivity index is 3.49. The minimum absolute atomic E-state index is 0.197. The number of carbonyl (C=O) groups is 1. The van der Waals surface area contributed by atoms with E-state index in [1.807, 2.05) is 4.72 Å². The van der Waals surface area contributed by atoms with Crippen LogP contribution in [0.1, 0.15) is 10.4 Å². The molecule has 0 aliphatic heterocycles. The number of anilines is 1. The SMILES string of the molecule is CNS(=O)(=O)c1ccc(N)cc1C(=O)O. The maximum absolute atomic E-state index is 11.4. The van der Waals surface area contributed by atoms with Crippen molar-refractivity contribution in [2.24, 2.45) is 0 Å². The molecule has 0 saturated heterocycles. The van der Waals surface area contributed by atoms with E-state index < -0.39 is 16.0 Å². The van der Waals surface area contributed by atoms with Crippen LogP contribution in [-0.2, 0) is 10.0 Å². The molecule has 15 heavy (non-hydrogen) atoms. The normalized spacial score (nSPS) is 11.3. The number of sulfonamides is 1. The van der Waals surface area contributed by atoms with Gasteiger partial charge in [0.1, 0.15) is 0 Å². The molecule has 0 aliphatic carbocycles. The van der Waals surface area contributed by atoms with Crippen LogP contribution in [0.2, 0.25) is 0 Å². The highest BCUT2D eigenvalue weighted by Gasteiger charge is 2.20. The fourth-order valence-corrected chi connectivity index (χ4v) is 1.96. The number of aromatic carboxylic acids is 1. The van der Waals surface area contributed by atoms with Gasteiger partial charge in [-0.05, 0) is 25.2 Å². The van der Waals surface area contributed by atoms with Gasteiger partial charge >= 0.3 is 5.97 Å². The van der Waals surface area contributed by atoms with Crippen LogP contribution in [-0.4, -0.2) is 26.5 Å². The molecule has 0 atom stereocenters. The van der Waals surface area contributed by atoms with Crippen molar-refractivity contribution < 1.29 is 18.3 Å². The van der Waals surface area contributed by atoms with Gasteiger partial charge in [-0.2, -0.15) is 0 Å². The molecule has 0 aliphatic rings. The lowest BCUT2D eigenvalue weighted by molar-refractivity contribution is 0.0692. The molecule has 0 amide bonds. The highest BCUT2D eigenvalue weighted by atomic mass is 32.2. The lowest BCUT2D eigenvalue weighted by Crippen LogP contribution is -2.21. The van der Waals surface area contributed by atoms with Crippen molar-refractivity contribution in [2.45, 2.75) is 4.90 Å². The van der Waals surface area contributed by atoms with Gasteiger partial charge in [0.2, 0.25) is 10.0 Å². The summed E-state index contributed by atoms with van der Waals surface area (Å²) >= 11 is 0. The van der Waals surface area contributed by atoms with Crippen molar-refractivity contribution >= 4 is 21.7 Å². The second-order valence-electron chi connectivity index (χ2n) is 2.77. The molecule has 0 bridgehead atoms. The van der Waals surface area contributed by atoms with E-state index in [4.69, 9.17) is 10.8 Å². The summed E-state index contributed by atoms with van der Waals surface area (Å²) in [6.45, 7) is 0. The number of nitrogens with one attached hydrogen (secondary N) is 1. The van der Waals surface area contributed by atoms with Gasteiger partial charge in [-0.15, -0.1) is 0 Å². The molecule has 0 saturated carbocycles. The Bertz CT molecular complexity index is 495. The molecular formula is C8H10N2O4S. The molecular weight excluding hydrogens is 220 g/mol. The van der Waals surface area contributed by atoms with Crippen LogP contribution in [0, 0.1) is 0 Å². The highest BCUT2D eigenvalue weighted by Crippen LogP contribution is 2.18. The number of carboxylic acids is 1. The monoisotopic (exact) mass is 230 g/mol. The number of carboxylic acid groups (broad SMARTS) is 1. The van der Waals surface area contributed by atoms with Crippen molar-refractivity contribution in [1.29, 1.82) is 0 Å². The molecule has 1 rings (SSSR count). The predicted molar refractivity (Wildman–Crippen MR) is 54.1 cm³/mol. The Labute approximate surface area is 86.8 Å². The van der Waals surface area contributed by atoms with Crippen molar-refractivity contribution in [3.8, 4) is 0 Å². The molecule has 82 valence electrons. The average Bonchev–Trinajstić information content (AvgIpc) is 2.17. The van der Waals surface area contributed by atoms with Crippen LogP contribution >= 0.6 is 0 Å². The number of nitrogens with two attached hydrogens (primary N) is 1. The van der Waals surface area contributed by atoms with E-state index in [0.29, 0.717) is 0 Å². The van der Waals surface area contributed by atoms with Crippen molar-refractivity contribution in [3.63, 3.8) is 0 Å². The van der Waals surface area contributed by atoms with Crippen molar-refractivity contribution in [1.82, 2.24) is 4.72 Å². The van der Waals surface area contributed by atoms with E-state index in [2.05, 4.69) is 0 Å². The molecule has 0 radical (unpaired) electrons. The van der Waals surface area contributed by atoms with Crippen LogP contribution in [0.5, 0.6) is 0 Å². The minimum atomic E-state index is -3.78. The highest BCUT2D eigenvalue weighted by molar-refractivity contribution is 7.89. The van der Waals surface area contributed by atoms with Gasteiger partial charge in [0.25, 0.3) is 0 Å². The topological polar surface area (TPSA) is 109 Å². The molecule has 1 aromatic carbocycles. The summed E-state index contributed by atoms with van der Waals surface area (Å²) in [6, 6.07) is 3.59. The van der Waals surface area contributed by atoms with Gasteiger partial charge < -0.3 is 10.8 Å². The predicted octanol–water partition coefficient (Wildman–Crippen LogP) is -0.125. The van der Waals surface area contributed by atoms with Crippen LogP contribution in [0.4, 0.5) is 5.69 Å². The van der Waals surface area contributed by atoms with Crippen LogP contribution in [0.3, 0.4) is 0 Å². The second-order valence-corrected chi connectivity index (χ2v) is 4.62. The largest absolute Gasteiger partial charge is 0.478 e. The van der Waals surface area contributed by atoms with Gasteiger partial charge in [0, 0.05) is 5.69 Å². The second kappa shape index (κ2) is 3.87. The van der Waals surface area contributed by atoms with Crippen molar-refractivity contribution in [3.05, 3.63) is 23.8 Å². The number of rotatable bonds is 3. The summed E-state index contributed by atoms with van der Waals surface area (Å²) < 4.78 is 24.9. The number of hydrogen-bond acceptors (Lipinski definition) is 4. The Morgan fingerprint density at radius 1 is 1.47 bits per heavy atom. The van der Waals surface area contributed by atoms with Crippen LogP contribution in [0.25, 0.3) is 0 Å². The quantitative estimate of drug-likeness (QED) is 0.627. The standard InChI is InChI=1S/C8H10N2O4S/c1-10-15(13,14)7-3-2-5(9)4-6(7)8(11)12/h2-4,10H,9H2,1H3,(H,11,12). The van der Waals surface area contributed by atoms with Gasteiger partial charge in [-0.1, -0.05) is 0 Å². The molecule has 0 unspecified atom stereocenters. The third kappa shape index (κ3) is 2.25. The summed E-state index contributed by atoms with van der Waals surface area (Å²) in [5, 5.41) is 8.80. The van der Waals surface area contributed by atoms with E-state index in [1.54, 1.807) is 0 Å². The lowest BCUT2D eigenvalue weighted by Gasteiger charge is -2.06. The Morgan fingerprint density at radius 2 is 2.07 bits per heavy atom. The fraction of sp³-hybridized carbons (Fsp3) is 0.125. The summed E-state index contributed by atoms with van der Waals surface area (Å²) in [6.07, 6.45) is 0. The first-order valence-electron chi connectivity index (χ1n) is 3.95. The molecule has 0 spiro atoms. The summed E-state index contributed by atoms with van der Waals surface area (Å²) in [4.78, 5) is 10.5. The van der Waals surface area contributed by atoms with Gasteiger partial charge in [0.05, 0.1) is 10.5 Å². The smallest absolute Gasteiger partial charge is 0.337 e. The van der Waals surface area contributed by atoms with Crippen LogP contribution in [0.15, 0.2) is 23.1 Å². The van der Waals surface area contributed by atoms with Crippen LogP contribution < -0.4 is 10.5 Å². The van der Waals surface area contributed by atoms with E-state index in [9.17, 15) is 13.2 Å². The van der Waals surface area contributed by atoms with Gasteiger partial charge in [-0.3, -0.25) is 0 Å². The van der Waals surface area contributed by atoms with Gasteiger partial charge in [-0.25, -0.2) is 17.9 Å². The maximum Gasteiger partial charge on any atom is 0.337 e. The van der Waals surface area contributed by atoms with E-state index in [-0.39, 0.29) is 16.1 Å². The first-order valence-corrected chi connectivity index (χ1v) is 5.43. The zero-order chi connectivity index (χ0) is 11.6. The molecule has 1 aromatic rings. The molecule has 4 N–H and O–H groups in total. The average molecular weight is 230 g/mol. The Hall–Kier alpha value is -1.60. The Morgan fingerprint density at radius 3 is 2.53 bits per heavy atom. The van der Waals surface area contributed by atoms with Gasteiger partial charge in [0.15, 0.2) is 0 Å². The minimum Gasteiger partial charge on any atom is -0.478 e. The Kier molecular flexibility index (Phi) is 2.96. The first-order chi connectivity index (χ1) is 6.88. The summed E-state index contributed by atoms with van der Waals surface area (Å²) in [5.41, 5.74) is 5.22. The number of hydrogen-bond donors (Lipinski definition) is 3. The first kappa shape index (κ1) is 11.5. The van der Waals surface area contributed by atoms with E-state index >= 15 is 0 Å². The zero-order valence-electron chi connectivity index (χ0n) is 7.89. The maximum atomic E-state index is 11.4. The lowest BCUT2D eigenvalue weighted by atomic mass is 10.2. The summed E-state index contributed by atoms with van der Waals surface area (Å²) in [7, 11) is -2.57. The van der Waals surface area contributed by atoms with E-state index in [1.165, 1.54) is 13.1 Å².